The van der Waals surface area contributed by atoms with Crippen molar-refractivity contribution in [1.29, 1.82) is 0 Å². The van der Waals surface area contributed by atoms with Gasteiger partial charge < -0.3 is 5.32 Å². The highest BCUT2D eigenvalue weighted by Crippen LogP contribution is 2.24. The van der Waals surface area contributed by atoms with Crippen LogP contribution in [-0.4, -0.2) is 29.9 Å². The van der Waals surface area contributed by atoms with Gasteiger partial charge in [0.2, 0.25) is 5.91 Å². The smallest absolute Gasteiger partial charge is 0.241 e. The normalized spacial score (nSPS) is 17.8. The lowest BCUT2D eigenvalue weighted by Crippen LogP contribution is -2.40. The molecule has 0 spiro atoms. The molecule has 0 saturated carbocycles. The Labute approximate surface area is 147 Å². The molecule has 130 valence electrons. The van der Waals surface area contributed by atoms with E-state index in [0.29, 0.717) is 0 Å². The number of carbonyl (C=O) groups excluding carboxylic acids is 1. The van der Waals surface area contributed by atoms with E-state index in [1.807, 2.05) is 0 Å². The van der Waals surface area contributed by atoms with Crippen molar-refractivity contribution in [3.05, 3.63) is 28.8 Å². The number of likely N-dealkylation sites (tertiary alicyclic amines) is 1. The summed E-state index contributed by atoms with van der Waals surface area (Å²) < 4.78 is 0. The number of rotatable bonds is 6. The molecule has 0 aromatic heterocycles. The fourth-order valence-electron chi connectivity index (χ4n) is 3.54. The van der Waals surface area contributed by atoms with E-state index < -0.39 is 0 Å². The van der Waals surface area contributed by atoms with Crippen molar-refractivity contribution in [2.75, 3.05) is 18.4 Å². The van der Waals surface area contributed by atoms with Gasteiger partial charge in [0, 0.05) is 5.69 Å². The summed E-state index contributed by atoms with van der Waals surface area (Å²) in [5.41, 5.74) is 4.55. The molecule has 1 unspecified atom stereocenters. The first-order chi connectivity index (χ1) is 10.5. The van der Waals surface area contributed by atoms with Gasteiger partial charge in [-0.15, -0.1) is 12.4 Å². The Hall–Kier alpha value is -1.06. The lowest BCUT2D eigenvalue weighted by molar-refractivity contribution is -0.120. The highest BCUT2D eigenvalue weighted by Gasteiger charge is 2.30. The molecule has 1 aliphatic rings. The van der Waals surface area contributed by atoms with Gasteiger partial charge in [0.1, 0.15) is 0 Å². The molecule has 1 aliphatic heterocycles. The SMILES string of the molecule is CCCCCN1CCCC1C(=O)Nc1c(C)cc(C)cc1C.Cl. The van der Waals surface area contributed by atoms with Crippen LogP contribution in [0.25, 0.3) is 0 Å². The van der Waals surface area contributed by atoms with Crippen molar-refractivity contribution in [2.45, 2.75) is 65.8 Å². The molecule has 1 saturated heterocycles. The summed E-state index contributed by atoms with van der Waals surface area (Å²) >= 11 is 0. The first-order valence-electron chi connectivity index (χ1n) is 8.65. The third kappa shape index (κ3) is 5.22. The molecule has 4 heteroatoms. The van der Waals surface area contributed by atoms with Crippen molar-refractivity contribution in [3.63, 3.8) is 0 Å². The van der Waals surface area contributed by atoms with Crippen LogP contribution >= 0.6 is 12.4 Å². The maximum atomic E-state index is 12.7. The lowest BCUT2D eigenvalue weighted by Gasteiger charge is -2.24. The Morgan fingerprint density at radius 2 is 1.87 bits per heavy atom. The van der Waals surface area contributed by atoms with E-state index in [4.69, 9.17) is 0 Å². The summed E-state index contributed by atoms with van der Waals surface area (Å²) in [6, 6.07) is 4.32. The summed E-state index contributed by atoms with van der Waals surface area (Å²) in [6.45, 7) is 10.6. The summed E-state index contributed by atoms with van der Waals surface area (Å²) in [5, 5.41) is 3.19. The zero-order valence-corrected chi connectivity index (χ0v) is 15.8. The van der Waals surface area contributed by atoms with E-state index >= 15 is 0 Å². The van der Waals surface area contributed by atoms with Crippen molar-refractivity contribution in [1.82, 2.24) is 4.90 Å². The van der Waals surface area contributed by atoms with Crippen LogP contribution in [-0.2, 0) is 4.79 Å². The number of hydrogen-bond donors (Lipinski definition) is 1. The topological polar surface area (TPSA) is 32.3 Å². The van der Waals surface area contributed by atoms with Crippen LogP contribution in [0.3, 0.4) is 0 Å². The van der Waals surface area contributed by atoms with Crippen LogP contribution < -0.4 is 5.32 Å². The number of halogens is 1. The lowest BCUT2D eigenvalue weighted by atomic mass is 10.0. The second-order valence-corrected chi connectivity index (χ2v) is 6.66. The van der Waals surface area contributed by atoms with Crippen LogP contribution in [0, 0.1) is 20.8 Å². The Morgan fingerprint density at radius 3 is 2.48 bits per heavy atom. The minimum absolute atomic E-state index is 0. The molecule has 1 atom stereocenters. The Bertz CT molecular complexity index is 507. The fraction of sp³-hybridized carbons (Fsp3) is 0.632. The van der Waals surface area contributed by atoms with E-state index in [0.717, 1.165) is 42.7 Å². The van der Waals surface area contributed by atoms with E-state index in [1.54, 1.807) is 0 Å². The van der Waals surface area contributed by atoms with E-state index in [2.05, 4.69) is 50.0 Å². The second-order valence-electron chi connectivity index (χ2n) is 6.66. The highest BCUT2D eigenvalue weighted by atomic mass is 35.5. The number of anilines is 1. The third-order valence-corrected chi connectivity index (χ3v) is 4.64. The highest BCUT2D eigenvalue weighted by molar-refractivity contribution is 5.96. The van der Waals surface area contributed by atoms with Gasteiger partial charge in [-0.1, -0.05) is 37.5 Å². The fourth-order valence-corrected chi connectivity index (χ4v) is 3.54. The second kappa shape index (κ2) is 9.29. The van der Waals surface area contributed by atoms with Gasteiger partial charge in [-0.25, -0.2) is 0 Å². The van der Waals surface area contributed by atoms with Gasteiger partial charge in [-0.3, -0.25) is 9.69 Å². The largest absolute Gasteiger partial charge is 0.324 e. The minimum Gasteiger partial charge on any atom is -0.324 e. The summed E-state index contributed by atoms with van der Waals surface area (Å²) in [4.78, 5) is 15.1. The number of aryl methyl sites for hydroxylation is 3. The standard InChI is InChI=1S/C19H30N2O.ClH/c1-5-6-7-10-21-11-8-9-17(21)19(22)20-18-15(3)12-14(2)13-16(18)4;/h12-13,17H,5-11H2,1-4H3,(H,20,22);1H. The molecular formula is C19H31ClN2O. The van der Waals surface area contributed by atoms with Crippen LogP contribution in [0.5, 0.6) is 0 Å². The molecule has 2 rings (SSSR count). The van der Waals surface area contributed by atoms with Gasteiger partial charge in [0.25, 0.3) is 0 Å². The van der Waals surface area contributed by atoms with Crippen LogP contribution in [0.15, 0.2) is 12.1 Å². The molecule has 1 N–H and O–H groups in total. The molecule has 0 aliphatic carbocycles. The van der Waals surface area contributed by atoms with Crippen molar-refractivity contribution in [3.8, 4) is 0 Å². The number of nitrogens with zero attached hydrogens (tertiary/aromatic N) is 1. The Kier molecular flexibility index (Phi) is 8.07. The van der Waals surface area contributed by atoms with E-state index in [1.165, 1.54) is 24.8 Å². The maximum Gasteiger partial charge on any atom is 0.241 e. The third-order valence-electron chi connectivity index (χ3n) is 4.64. The number of unbranched alkanes of at least 4 members (excludes halogenated alkanes) is 2. The molecular weight excluding hydrogens is 308 g/mol. The summed E-state index contributed by atoms with van der Waals surface area (Å²) in [5.74, 6) is 0.170. The first-order valence-corrected chi connectivity index (χ1v) is 8.65. The van der Waals surface area contributed by atoms with Gasteiger partial charge in [-0.05, 0) is 64.3 Å². The van der Waals surface area contributed by atoms with Crippen LogP contribution in [0.2, 0.25) is 0 Å². The number of benzene rings is 1. The van der Waals surface area contributed by atoms with Gasteiger partial charge in [0.05, 0.1) is 6.04 Å². The van der Waals surface area contributed by atoms with Crippen molar-refractivity contribution < 1.29 is 4.79 Å². The molecule has 1 heterocycles. The quantitative estimate of drug-likeness (QED) is 0.767. The molecule has 23 heavy (non-hydrogen) atoms. The molecule has 1 fully saturated rings. The van der Waals surface area contributed by atoms with E-state index in [-0.39, 0.29) is 24.4 Å². The van der Waals surface area contributed by atoms with Crippen molar-refractivity contribution >= 4 is 24.0 Å². The summed E-state index contributed by atoms with van der Waals surface area (Å²) in [7, 11) is 0. The number of carbonyl (C=O) groups is 1. The van der Waals surface area contributed by atoms with Crippen LogP contribution in [0.1, 0.15) is 55.7 Å². The minimum atomic E-state index is 0. The van der Waals surface area contributed by atoms with Gasteiger partial charge >= 0.3 is 0 Å². The number of hydrogen-bond acceptors (Lipinski definition) is 2. The molecule has 1 aromatic rings. The Balaban J connectivity index is 0.00000264. The molecule has 0 radical (unpaired) electrons. The maximum absolute atomic E-state index is 12.7. The summed E-state index contributed by atoms with van der Waals surface area (Å²) in [6.07, 6.45) is 5.80. The number of amides is 1. The Morgan fingerprint density at radius 1 is 1.22 bits per heavy atom. The molecule has 1 amide bonds. The molecule has 1 aromatic carbocycles. The predicted octanol–water partition coefficient (Wildman–Crippen LogP) is 4.63. The zero-order valence-electron chi connectivity index (χ0n) is 14.9. The van der Waals surface area contributed by atoms with Gasteiger partial charge in [-0.2, -0.15) is 0 Å². The predicted molar refractivity (Wildman–Crippen MR) is 101 cm³/mol. The first kappa shape index (κ1) is 20.0. The van der Waals surface area contributed by atoms with Crippen LogP contribution in [0.4, 0.5) is 5.69 Å². The average Bonchev–Trinajstić information content (AvgIpc) is 2.91. The molecule has 3 nitrogen and oxygen atoms in total. The van der Waals surface area contributed by atoms with Crippen molar-refractivity contribution in [2.24, 2.45) is 0 Å². The van der Waals surface area contributed by atoms with Gasteiger partial charge in [0.15, 0.2) is 0 Å². The monoisotopic (exact) mass is 338 g/mol. The van der Waals surface area contributed by atoms with E-state index in [9.17, 15) is 4.79 Å². The zero-order chi connectivity index (χ0) is 16.1. The molecule has 0 bridgehead atoms. The number of nitrogens with one attached hydrogen (secondary N) is 1. The average molecular weight is 339 g/mol.